The number of aliphatic hydroxyl groups is 1. The third-order valence-electron chi connectivity index (χ3n) is 4.47. The fourth-order valence-corrected chi connectivity index (χ4v) is 3.57. The molecule has 1 saturated heterocycles. The second-order valence-electron chi connectivity index (χ2n) is 6.17. The number of benzene rings is 1. The largest absolute Gasteiger partial charge is 0.490 e. The Morgan fingerprint density at radius 3 is 3.05 bits per heavy atom. The third kappa shape index (κ3) is 2.87. The van der Waals surface area contributed by atoms with Gasteiger partial charge in [-0.1, -0.05) is 19.1 Å². The monoisotopic (exact) mass is 291 g/mol. The summed E-state index contributed by atoms with van der Waals surface area (Å²) in [6.45, 7) is 7.31. The summed E-state index contributed by atoms with van der Waals surface area (Å²) < 4.78 is 11.4. The topological polar surface area (TPSA) is 41.9 Å². The summed E-state index contributed by atoms with van der Waals surface area (Å²) in [7, 11) is 0. The molecule has 1 fully saturated rings. The first kappa shape index (κ1) is 14.7. The summed E-state index contributed by atoms with van der Waals surface area (Å²) in [5, 5.41) is 10.5. The van der Waals surface area contributed by atoms with Crippen LogP contribution in [-0.2, 0) is 0 Å². The lowest BCUT2D eigenvalue weighted by atomic mass is 9.91. The van der Waals surface area contributed by atoms with Crippen molar-refractivity contribution in [1.82, 2.24) is 4.90 Å². The van der Waals surface area contributed by atoms with Crippen LogP contribution >= 0.6 is 0 Å². The molecule has 4 nitrogen and oxygen atoms in total. The normalized spacial score (nSPS) is 29.6. The zero-order chi connectivity index (χ0) is 14.8. The van der Waals surface area contributed by atoms with Crippen LogP contribution in [0.15, 0.2) is 18.2 Å². The lowest BCUT2D eigenvalue weighted by Gasteiger charge is -2.42. The number of likely N-dealkylation sites (tertiary alicyclic amines) is 1. The van der Waals surface area contributed by atoms with E-state index in [1.807, 2.05) is 19.1 Å². The fourth-order valence-electron chi connectivity index (χ4n) is 3.57. The van der Waals surface area contributed by atoms with Crippen molar-refractivity contribution in [3.05, 3.63) is 23.8 Å². The Morgan fingerprint density at radius 1 is 1.43 bits per heavy atom. The van der Waals surface area contributed by atoms with Gasteiger partial charge in [-0.3, -0.25) is 4.90 Å². The first-order valence-electron chi connectivity index (χ1n) is 8.01. The zero-order valence-corrected chi connectivity index (χ0v) is 12.9. The van der Waals surface area contributed by atoms with Crippen molar-refractivity contribution in [2.24, 2.45) is 5.92 Å². The molecular formula is C17H25NO3. The van der Waals surface area contributed by atoms with Gasteiger partial charge in [0.2, 0.25) is 0 Å². The quantitative estimate of drug-likeness (QED) is 0.929. The maximum atomic E-state index is 10.5. The molecule has 0 bridgehead atoms. The van der Waals surface area contributed by atoms with Gasteiger partial charge in [-0.2, -0.15) is 0 Å². The minimum absolute atomic E-state index is 0.0249. The Morgan fingerprint density at radius 2 is 2.29 bits per heavy atom. The second-order valence-corrected chi connectivity index (χ2v) is 6.17. The molecule has 21 heavy (non-hydrogen) atoms. The number of aliphatic hydroxyl groups excluding tert-OH is 1. The number of ether oxygens (including phenoxy) is 2. The lowest BCUT2D eigenvalue weighted by Crippen LogP contribution is -2.46. The molecule has 1 aromatic carbocycles. The van der Waals surface area contributed by atoms with Gasteiger partial charge in [-0.05, 0) is 38.3 Å². The van der Waals surface area contributed by atoms with Gasteiger partial charge in [-0.15, -0.1) is 0 Å². The summed E-state index contributed by atoms with van der Waals surface area (Å²) >= 11 is 0. The van der Waals surface area contributed by atoms with Crippen molar-refractivity contribution in [3.8, 4) is 11.5 Å². The van der Waals surface area contributed by atoms with E-state index in [4.69, 9.17) is 9.47 Å². The molecule has 0 radical (unpaired) electrons. The van der Waals surface area contributed by atoms with Crippen LogP contribution in [0.4, 0.5) is 0 Å². The molecule has 0 amide bonds. The first-order chi connectivity index (χ1) is 10.2. The summed E-state index contributed by atoms with van der Waals surface area (Å²) in [4.78, 5) is 2.41. The first-order valence-corrected chi connectivity index (χ1v) is 8.01. The highest BCUT2D eigenvalue weighted by atomic mass is 16.5. The lowest BCUT2D eigenvalue weighted by molar-refractivity contribution is -0.0150. The van der Waals surface area contributed by atoms with Gasteiger partial charge in [0.1, 0.15) is 12.7 Å². The second kappa shape index (κ2) is 6.24. The molecule has 1 aromatic rings. The number of hydrogen-bond donors (Lipinski definition) is 1. The van der Waals surface area contributed by atoms with Crippen LogP contribution in [0, 0.1) is 5.92 Å². The number of nitrogens with zero attached hydrogens (tertiary/aromatic N) is 1. The summed E-state index contributed by atoms with van der Waals surface area (Å²) in [6, 6.07) is 6.02. The van der Waals surface area contributed by atoms with Crippen molar-refractivity contribution in [1.29, 1.82) is 0 Å². The van der Waals surface area contributed by atoms with Crippen LogP contribution in [0.25, 0.3) is 0 Å². The Hall–Kier alpha value is -1.26. The van der Waals surface area contributed by atoms with Gasteiger partial charge in [0.15, 0.2) is 11.5 Å². The molecule has 0 saturated carbocycles. The van der Waals surface area contributed by atoms with E-state index in [0.717, 1.165) is 30.2 Å². The van der Waals surface area contributed by atoms with Crippen LogP contribution in [0.5, 0.6) is 11.5 Å². The fraction of sp³-hybridized carbons (Fsp3) is 0.647. The molecule has 0 aromatic heterocycles. The molecule has 3 unspecified atom stereocenters. The van der Waals surface area contributed by atoms with Crippen LogP contribution in [0.1, 0.15) is 38.3 Å². The van der Waals surface area contributed by atoms with Gasteiger partial charge in [-0.25, -0.2) is 0 Å². The van der Waals surface area contributed by atoms with Crippen molar-refractivity contribution >= 4 is 0 Å². The van der Waals surface area contributed by atoms with Gasteiger partial charge >= 0.3 is 0 Å². The van der Waals surface area contributed by atoms with E-state index < -0.39 is 6.10 Å². The molecule has 0 spiro atoms. The van der Waals surface area contributed by atoms with E-state index >= 15 is 0 Å². The van der Waals surface area contributed by atoms with Gasteiger partial charge in [0.25, 0.3) is 0 Å². The minimum atomic E-state index is -0.473. The van der Waals surface area contributed by atoms with Crippen LogP contribution in [-0.4, -0.2) is 42.4 Å². The predicted octanol–water partition coefficient (Wildman–Crippen LogP) is 2.61. The van der Waals surface area contributed by atoms with Crippen LogP contribution < -0.4 is 9.47 Å². The highest BCUT2D eigenvalue weighted by Crippen LogP contribution is 2.43. The molecule has 3 atom stereocenters. The SMILES string of the molecule is CCOc1cccc2c1OCC(O)C2N1CCCC(C)C1. The standard InChI is InChI=1S/C17H25NO3/c1-3-20-15-8-4-7-13-16(14(19)11-21-17(13)15)18-9-5-6-12(2)10-18/h4,7-8,12,14,16,19H,3,5-6,9-11H2,1-2H3. The number of piperidine rings is 1. The molecule has 2 heterocycles. The highest BCUT2D eigenvalue weighted by Gasteiger charge is 2.37. The zero-order valence-electron chi connectivity index (χ0n) is 12.9. The minimum Gasteiger partial charge on any atom is -0.490 e. The number of para-hydroxylation sites is 1. The van der Waals surface area contributed by atoms with Crippen molar-refractivity contribution in [2.75, 3.05) is 26.3 Å². The summed E-state index contributed by atoms with van der Waals surface area (Å²) in [5.74, 6) is 2.29. The number of fused-ring (bicyclic) bond motifs is 1. The van der Waals surface area contributed by atoms with E-state index in [1.54, 1.807) is 0 Å². The molecule has 1 N–H and O–H groups in total. The van der Waals surface area contributed by atoms with Crippen molar-refractivity contribution in [3.63, 3.8) is 0 Å². The van der Waals surface area contributed by atoms with Crippen molar-refractivity contribution < 1.29 is 14.6 Å². The van der Waals surface area contributed by atoms with E-state index in [0.29, 0.717) is 19.1 Å². The van der Waals surface area contributed by atoms with E-state index in [2.05, 4.69) is 17.9 Å². The summed E-state index contributed by atoms with van der Waals surface area (Å²) in [6.07, 6.45) is 2.01. The number of hydrogen-bond acceptors (Lipinski definition) is 4. The maximum Gasteiger partial charge on any atom is 0.166 e. The molecular weight excluding hydrogens is 266 g/mol. The Kier molecular flexibility index (Phi) is 4.36. The highest BCUT2D eigenvalue weighted by molar-refractivity contribution is 5.49. The predicted molar refractivity (Wildman–Crippen MR) is 81.8 cm³/mol. The van der Waals surface area contributed by atoms with Crippen LogP contribution in [0.3, 0.4) is 0 Å². The smallest absolute Gasteiger partial charge is 0.166 e. The third-order valence-corrected chi connectivity index (χ3v) is 4.47. The average Bonchev–Trinajstić information content (AvgIpc) is 2.47. The molecule has 0 aliphatic carbocycles. The van der Waals surface area contributed by atoms with Gasteiger partial charge < -0.3 is 14.6 Å². The Labute approximate surface area is 126 Å². The van der Waals surface area contributed by atoms with E-state index in [-0.39, 0.29) is 6.04 Å². The summed E-state index contributed by atoms with van der Waals surface area (Å²) in [5.41, 5.74) is 1.06. The van der Waals surface area contributed by atoms with E-state index in [1.165, 1.54) is 12.8 Å². The van der Waals surface area contributed by atoms with Crippen LogP contribution in [0.2, 0.25) is 0 Å². The van der Waals surface area contributed by atoms with Gasteiger partial charge in [0, 0.05) is 12.1 Å². The molecule has 4 heteroatoms. The van der Waals surface area contributed by atoms with Crippen molar-refractivity contribution in [2.45, 2.75) is 38.8 Å². The number of rotatable bonds is 3. The Bertz CT molecular complexity index is 491. The molecule has 3 rings (SSSR count). The van der Waals surface area contributed by atoms with Gasteiger partial charge in [0.05, 0.1) is 12.6 Å². The van der Waals surface area contributed by atoms with E-state index in [9.17, 15) is 5.11 Å². The Balaban J connectivity index is 1.93. The molecule has 2 aliphatic rings. The maximum absolute atomic E-state index is 10.5. The molecule has 116 valence electrons. The average molecular weight is 291 g/mol. The molecule has 2 aliphatic heterocycles.